The number of methoxy groups -OCH3 is 1. The quantitative estimate of drug-likeness (QED) is 0.193. The Morgan fingerprint density at radius 1 is 1.27 bits per heavy atom. The minimum atomic E-state index is -0.541. The van der Waals surface area contributed by atoms with Crippen LogP contribution in [0.2, 0.25) is 0 Å². The van der Waals surface area contributed by atoms with Crippen LogP contribution in [0.15, 0.2) is 75.2 Å². The molecule has 1 aromatic rings. The molecule has 0 amide bonds. The van der Waals surface area contributed by atoms with Crippen molar-refractivity contribution in [1.82, 2.24) is 0 Å². The maximum Gasteiger partial charge on any atom is 0.274 e. The number of carbonyl (C=O) groups is 1. The molecular weight excluding hydrogens is 404 g/mol. The van der Waals surface area contributed by atoms with Gasteiger partial charge in [-0.1, -0.05) is 43.7 Å². The number of nitrogens with zero attached hydrogens (tertiary/aromatic N) is 2. The Morgan fingerprint density at radius 2 is 2.03 bits per heavy atom. The van der Waals surface area contributed by atoms with E-state index in [0.717, 1.165) is 41.0 Å². The number of allylic oxidation sites excluding steroid dienone is 4. The van der Waals surface area contributed by atoms with Crippen molar-refractivity contribution >= 4 is 23.2 Å². The van der Waals surface area contributed by atoms with Crippen molar-refractivity contribution in [1.29, 1.82) is 0 Å². The zero-order valence-corrected chi connectivity index (χ0v) is 18.0. The molecule has 2 aliphatic rings. The van der Waals surface area contributed by atoms with Crippen LogP contribution in [0.4, 0.5) is 5.69 Å². The van der Waals surface area contributed by atoms with E-state index in [1.807, 2.05) is 36.2 Å². The number of para-hydroxylation sites is 1. The van der Waals surface area contributed by atoms with Gasteiger partial charge in [0.15, 0.2) is 11.5 Å². The van der Waals surface area contributed by atoms with Gasteiger partial charge in [-0.15, -0.1) is 0 Å². The highest BCUT2D eigenvalue weighted by Gasteiger charge is 2.29. The van der Waals surface area contributed by atoms with E-state index in [0.29, 0.717) is 12.4 Å². The minimum Gasteiger partial charge on any atom is -0.492 e. The van der Waals surface area contributed by atoms with Gasteiger partial charge in [0.05, 0.1) is 30.4 Å². The number of rotatable bonds is 8. The first kappa shape index (κ1) is 21.7. The normalized spacial score (nSPS) is 18.7. The molecule has 1 aromatic carbocycles. The van der Waals surface area contributed by atoms with E-state index in [1.54, 1.807) is 17.8 Å². The molecule has 0 N–H and O–H groups in total. The van der Waals surface area contributed by atoms with Gasteiger partial charge in [-0.25, -0.2) is 0 Å². The summed E-state index contributed by atoms with van der Waals surface area (Å²) in [4.78, 5) is 26.6. The van der Waals surface area contributed by atoms with Crippen molar-refractivity contribution < 1.29 is 19.2 Å². The standard InChI is InChI=1S/C22H24N2O5S/c1-4-5-8-11-29-19(22-23(2)17-9-6-7-10-20(17)30-22)13-15-12-16(24(26)27)14-18(28-3)21(15)25/h6-7,9-10,12-14H,4-5,8,11H2,1-3H3/b15-13+,22-19-. The molecule has 0 unspecified atom stereocenters. The number of benzene rings is 1. The second-order valence-electron chi connectivity index (χ2n) is 6.82. The number of hydrogen-bond acceptors (Lipinski definition) is 7. The molecule has 0 saturated heterocycles. The fraction of sp³-hybridized carbons (Fsp3) is 0.318. The minimum absolute atomic E-state index is 0.0681. The predicted molar refractivity (Wildman–Crippen MR) is 116 cm³/mol. The van der Waals surface area contributed by atoms with E-state index in [9.17, 15) is 14.9 Å². The van der Waals surface area contributed by atoms with E-state index in [-0.39, 0.29) is 17.0 Å². The second-order valence-corrected chi connectivity index (χ2v) is 7.85. The van der Waals surface area contributed by atoms with Crippen molar-refractivity contribution in [2.45, 2.75) is 31.1 Å². The molecule has 1 aliphatic carbocycles. The van der Waals surface area contributed by atoms with Crippen LogP contribution in [0, 0.1) is 10.1 Å². The third kappa shape index (κ3) is 4.59. The molecule has 0 aromatic heterocycles. The van der Waals surface area contributed by atoms with Gasteiger partial charge in [-0.2, -0.15) is 0 Å². The highest BCUT2D eigenvalue weighted by atomic mass is 32.2. The fourth-order valence-electron chi connectivity index (χ4n) is 3.13. The Kier molecular flexibility index (Phi) is 6.99. The first-order chi connectivity index (χ1) is 14.5. The van der Waals surface area contributed by atoms with E-state index in [2.05, 4.69) is 6.92 Å². The van der Waals surface area contributed by atoms with Crippen molar-refractivity contribution in [3.8, 4) is 0 Å². The Labute approximate surface area is 179 Å². The highest BCUT2D eigenvalue weighted by Crippen LogP contribution is 2.46. The Balaban J connectivity index is 2.02. The average Bonchev–Trinajstić information content (AvgIpc) is 3.08. The largest absolute Gasteiger partial charge is 0.492 e. The molecule has 30 heavy (non-hydrogen) atoms. The Bertz CT molecular complexity index is 977. The van der Waals surface area contributed by atoms with Crippen molar-refractivity contribution in [2.24, 2.45) is 0 Å². The summed E-state index contributed by atoms with van der Waals surface area (Å²) in [5.41, 5.74) is 0.993. The van der Waals surface area contributed by atoms with Crippen LogP contribution in [-0.2, 0) is 14.3 Å². The number of carbonyl (C=O) groups excluding carboxylic acids is 1. The van der Waals surface area contributed by atoms with Gasteiger partial charge in [0, 0.05) is 23.6 Å². The van der Waals surface area contributed by atoms with Gasteiger partial charge in [-0.05, 0) is 24.6 Å². The molecular formula is C22H24N2O5S. The van der Waals surface area contributed by atoms with Crippen LogP contribution >= 0.6 is 11.8 Å². The first-order valence-electron chi connectivity index (χ1n) is 9.72. The van der Waals surface area contributed by atoms with E-state index >= 15 is 0 Å². The zero-order chi connectivity index (χ0) is 21.7. The lowest BCUT2D eigenvalue weighted by Gasteiger charge is -2.18. The summed E-state index contributed by atoms with van der Waals surface area (Å²) in [5, 5.41) is 12.1. The number of hydrogen-bond donors (Lipinski definition) is 0. The summed E-state index contributed by atoms with van der Waals surface area (Å²) >= 11 is 1.54. The maximum atomic E-state index is 12.7. The molecule has 0 bridgehead atoms. The van der Waals surface area contributed by atoms with Gasteiger partial charge >= 0.3 is 0 Å². The lowest BCUT2D eigenvalue weighted by Crippen LogP contribution is -2.16. The molecule has 0 fully saturated rings. The predicted octanol–water partition coefficient (Wildman–Crippen LogP) is 4.80. The van der Waals surface area contributed by atoms with E-state index in [4.69, 9.17) is 9.47 Å². The number of anilines is 1. The first-order valence-corrected chi connectivity index (χ1v) is 10.5. The summed E-state index contributed by atoms with van der Waals surface area (Å²) < 4.78 is 11.1. The van der Waals surface area contributed by atoms with Gasteiger partial charge in [-0.3, -0.25) is 14.9 Å². The highest BCUT2D eigenvalue weighted by molar-refractivity contribution is 8.03. The zero-order valence-electron chi connectivity index (χ0n) is 17.2. The van der Waals surface area contributed by atoms with Crippen LogP contribution in [0.1, 0.15) is 26.2 Å². The van der Waals surface area contributed by atoms with Crippen molar-refractivity contribution in [3.05, 3.63) is 80.4 Å². The fourth-order valence-corrected chi connectivity index (χ4v) is 4.25. The number of thioether (sulfide) groups is 1. The molecule has 8 heteroatoms. The summed E-state index contributed by atoms with van der Waals surface area (Å²) in [6, 6.07) is 7.97. The molecule has 1 heterocycles. The third-order valence-corrected chi connectivity index (χ3v) is 5.97. The summed E-state index contributed by atoms with van der Waals surface area (Å²) in [7, 11) is 3.26. The van der Waals surface area contributed by atoms with Crippen LogP contribution in [0.3, 0.4) is 0 Å². The number of unbranched alkanes of at least 4 members (excludes halogenated alkanes) is 2. The van der Waals surface area contributed by atoms with Crippen LogP contribution in [0.5, 0.6) is 0 Å². The maximum absolute atomic E-state index is 12.7. The number of ketones is 1. The van der Waals surface area contributed by atoms with Gasteiger partial charge in [0.25, 0.3) is 5.70 Å². The lowest BCUT2D eigenvalue weighted by atomic mass is 10.0. The van der Waals surface area contributed by atoms with Crippen LogP contribution < -0.4 is 4.90 Å². The number of Topliss-reactive ketones (excluding diaryl/α,β-unsaturated/α-hetero) is 1. The van der Waals surface area contributed by atoms with Crippen molar-refractivity contribution in [3.63, 3.8) is 0 Å². The summed E-state index contributed by atoms with van der Waals surface area (Å²) in [6.07, 6.45) is 6.95. The molecule has 1 aliphatic heterocycles. The van der Waals surface area contributed by atoms with Crippen LogP contribution in [0.25, 0.3) is 0 Å². The van der Waals surface area contributed by atoms with Crippen LogP contribution in [-0.4, -0.2) is 31.5 Å². The molecule has 0 radical (unpaired) electrons. The number of nitro groups is 1. The second kappa shape index (κ2) is 9.67. The summed E-state index contributed by atoms with van der Waals surface area (Å²) in [5.74, 6) is 0.0254. The number of ether oxygens (including phenoxy) is 2. The molecule has 0 saturated carbocycles. The Morgan fingerprint density at radius 3 is 2.70 bits per heavy atom. The topological polar surface area (TPSA) is 81.9 Å². The Hall–Kier alpha value is -3.00. The molecule has 3 rings (SSSR count). The molecule has 158 valence electrons. The molecule has 7 nitrogen and oxygen atoms in total. The van der Waals surface area contributed by atoms with Gasteiger partial charge in [0.1, 0.15) is 5.03 Å². The van der Waals surface area contributed by atoms with E-state index < -0.39 is 10.7 Å². The summed E-state index contributed by atoms with van der Waals surface area (Å²) in [6.45, 7) is 2.61. The molecule has 0 atom stereocenters. The smallest absolute Gasteiger partial charge is 0.274 e. The average molecular weight is 429 g/mol. The van der Waals surface area contributed by atoms with Gasteiger partial charge in [0.2, 0.25) is 5.78 Å². The van der Waals surface area contributed by atoms with Crippen molar-refractivity contribution in [2.75, 3.05) is 25.7 Å². The van der Waals surface area contributed by atoms with Gasteiger partial charge < -0.3 is 14.4 Å². The lowest BCUT2D eigenvalue weighted by molar-refractivity contribution is -0.419. The third-order valence-electron chi connectivity index (χ3n) is 4.74. The SMILES string of the molecule is CCCCCOC(/C=C1\C=C([N+](=O)[O-])C=C(OC)C1=O)=C1\Sc2ccccc2N1C. The monoisotopic (exact) mass is 428 g/mol. The van der Waals surface area contributed by atoms with E-state index in [1.165, 1.54) is 13.2 Å². The molecule has 0 spiro atoms. The number of fused-ring (bicyclic) bond motifs is 1.